The summed E-state index contributed by atoms with van der Waals surface area (Å²) in [6.45, 7) is 1.91. The summed E-state index contributed by atoms with van der Waals surface area (Å²) in [7, 11) is 0. The molecule has 6 heteroatoms. The third-order valence-corrected chi connectivity index (χ3v) is 3.72. The lowest BCUT2D eigenvalue weighted by molar-refractivity contribution is -0.149. The Morgan fingerprint density at radius 2 is 2.05 bits per heavy atom. The van der Waals surface area contributed by atoms with Gasteiger partial charge in [0.2, 0.25) is 5.91 Å². The molecule has 1 aromatic rings. The lowest BCUT2D eigenvalue weighted by Gasteiger charge is -2.25. The van der Waals surface area contributed by atoms with Crippen molar-refractivity contribution in [1.82, 2.24) is 5.32 Å². The molecule has 1 aromatic carbocycles. The molecule has 1 heterocycles. The molecule has 0 radical (unpaired) electrons. The highest BCUT2D eigenvalue weighted by Crippen LogP contribution is 2.20. The Morgan fingerprint density at radius 3 is 2.62 bits per heavy atom. The van der Waals surface area contributed by atoms with Gasteiger partial charge in [0, 0.05) is 6.54 Å². The molecule has 4 N–H and O–H groups in total. The fourth-order valence-corrected chi connectivity index (χ4v) is 2.34. The van der Waals surface area contributed by atoms with Gasteiger partial charge in [-0.3, -0.25) is 4.79 Å². The number of carboxylic acid groups (broad SMARTS) is 1. The minimum Gasteiger partial charge on any atom is -0.479 e. The van der Waals surface area contributed by atoms with Gasteiger partial charge >= 0.3 is 5.97 Å². The fraction of sp³-hybridized carbons (Fsp3) is 0.467. The SMILES string of the molecule is CC(N)(C(=O)NCC1CCC(C(=O)O)O1)c1ccccc1. The number of amides is 1. The average Bonchev–Trinajstić information content (AvgIpc) is 2.94. The Balaban J connectivity index is 1.89. The molecule has 0 saturated carbocycles. The summed E-state index contributed by atoms with van der Waals surface area (Å²) in [6.07, 6.45) is 0.0325. The number of carboxylic acids is 1. The predicted octanol–water partition coefficient (Wildman–Crippen LogP) is 0.609. The van der Waals surface area contributed by atoms with Crippen molar-refractivity contribution in [3.8, 4) is 0 Å². The fourth-order valence-electron chi connectivity index (χ4n) is 2.34. The molecule has 1 amide bonds. The highest BCUT2D eigenvalue weighted by Gasteiger charge is 2.33. The van der Waals surface area contributed by atoms with E-state index < -0.39 is 17.6 Å². The average molecular weight is 292 g/mol. The van der Waals surface area contributed by atoms with Crippen LogP contribution in [0.15, 0.2) is 30.3 Å². The number of carbonyl (C=O) groups is 2. The summed E-state index contributed by atoms with van der Waals surface area (Å²) in [5, 5.41) is 11.6. The van der Waals surface area contributed by atoms with E-state index in [-0.39, 0.29) is 18.6 Å². The third-order valence-electron chi connectivity index (χ3n) is 3.72. The molecule has 114 valence electrons. The van der Waals surface area contributed by atoms with Gasteiger partial charge in [0.05, 0.1) is 6.10 Å². The summed E-state index contributed by atoms with van der Waals surface area (Å²) in [4.78, 5) is 23.0. The Hall–Kier alpha value is -1.92. The van der Waals surface area contributed by atoms with Gasteiger partial charge in [0.25, 0.3) is 0 Å². The Labute approximate surface area is 123 Å². The molecule has 1 aliphatic rings. The maximum atomic E-state index is 12.2. The number of aliphatic carboxylic acids is 1. The normalized spacial score (nSPS) is 24.3. The monoisotopic (exact) mass is 292 g/mol. The van der Waals surface area contributed by atoms with Crippen LogP contribution in [0.1, 0.15) is 25.3 Å². The quantitative estimate of drug-likeness (QED) is 0.738. The first-order valence-corrected chi connectivity index (χ1v) is 6.92. The molecule has 0 aliphatic carbocycles. The van der Waals surface area contributed by atoms with Gasteiger partial charge in [-0.1, -0.05) is 30.3 Å². The van der Waals surface area contributed by atoms with Gasteiger partial charge in [-0.25, -0.2) is 4.79 Å². The van der Waals surface area contributed by atoms with E-state index in [1.54, 1.807) is 19.1 Å². The topological polar surface area (TPSA) is 102 Å². The number of carbonyl (C=O) groups excluding carboxylic acids is 1. The minimum atomic E-state index is -1.13. The van der Waals surface area contributed by atoms with Gasteiger partial charge in [-0.05, 0) is 25.3 Å². The van der Waals surface area contributed by atoms with Gasteiger partial charge in [-0.15, -0.1) is 0 Å². The Morgan fingerprint density at radius 1 is 1.38 bits per heavy atom. The number of rotatable bonds is 5. The number of ether oxygens (including phenoxy) is 1. The van der Waals surface area contributed by atoms with Crippen molar-refractivity contribution in [3.05, 3.63) is 35.9 Å². The van der Waals surface area contributed by atoms with Crippen molar-refractivity contribution < 1.29 is 19.4 Å². The first-order chi connectivity index (χ1) is 9.91. The van der Waals surface area contributed by atoms with E-state index in [2.05, 4.69) is 5.32 Å². The maximum Gasteiger partial charge on any atom is 0.332 e. The van der Waals surface area contributed by atoms with E-state index in [9.17, 15) is 9.59 Å². The van der Waals surface area contributed by atoms with E-state index in [1.807, 2.05) is 18.2 Å². The van der Waals surface area contributed by atoms with Crippen molar-refractivity contribution in [2.45, 2.75) is 37.5 Å². The second kappa shape index (κ2) is 6.24. The van der Waals surface area contributed by atoms with Crippen LogP contribution in [0.2, 0.25) is 0 Å². The molecule has 1 fully saturated rings. The number of hydrogen-bond donors (Lipinski definition) is 3. The largest absolute Gasteiger partial charge is 0.479 e. The number of hydrogen-bond acceptors (Lipinski definition) is 4. The van der Waals surface area contributed by atoms with Gasteiger partial charge in [0.1, 0.15) is 5.54 Å². The summed E-state index contributed by atoms with van der Waals surface area (Å²) in [5.74, 6) is -1.27. The second-order valence-electron chi connectivity index (χ2n) is 5.44. The molecule has 6 nitrogen and oxygen atoms in total. The lowest BCUT2D eigenvalue weighted by Crippen LogP contribution is -2.50. The zero-order valence-electron chi connectivity index (χ0n) is 11.9. The molecule has 0 spiro atoms. The minimum absolute atomic E-state index is 0.266. The summed E-state index contributed by atoms with van der Waals surface area (Å²) in [6, 6.07) is 9.10. The van der Waals surface area contributed by atoms with Crippen LogP contribution in [0.4, 0.5) is 0 Å². The van der Waals surface area contributed by atoms with Crippen LogP contribution in [-0.4, -0.2) is 35.7 Å². The standard InChI is InChI=1S/C15H20N2O4/c1-15(16,10-5-3-2-4-6-10)14(20)17-9-11-7-8-12(21-11)13(18)19/h2-6,11-12H,7-9,16H2,1H3,(H,17,20)(H,18,19). The summed E-state index contributed by atoms with van der Waals surface area (Å²) >= 11 is 0. The van der Waals surface area contributed by atoms with Crippen molar-refractivity contribution >= 4 is 11.9 Å². The number of nitrogens with two attached hydrogens (primary N) is 1. The number of benzene rings is 1. The molecule has 0 aromatic heterocycles. The number of nitrogens with one attached hydrogen (secondary N) is 1. The van der Waals surface area contributed by atoms with Crippen LogP contribution >= 0.6 is 0 Å². The van der Waals surface area contributed by atoms with Crippen LogP contribution in [-0.2, 0) is 19.9 Å². The highest BCUT2D eigenvalue weighted by molar-refractivity contribution is 5.87. The molecule has 2 rings (SSSR count). The van der Waals surface area contributed by atoms with Crippen LogP contribution in [0.5, 0.6) is 0 Å². The Bertz CT molecular complexity index is 516. The third kappa shape index (κ3) is 3.59. The zero-order valence-corrected chi connectivity index (χ0v) is 11.9. The van der Waals surface area contributed by atoms with Crippen LogP contribution in [0, 0.1) is 0 Å². The Kier molecular flexibility index (Phi) is 4.59. The van der Waals surface area contributed by atoms with Gasteiger partial charge in [0.15, 0.2) is 6.10 Å². The van der Waals surface area contributed by atoms with Gasteiger partial charge < -0.3 is 20.9 Å². The first-order valence-electron chi connectivity index (χ1n) is 6.92. The van der Waals surface area contributed by atoms with E-state index in [0.29, 0.717) is 12.8 Å². The van der Waals surface area contributed by atoms with Gasteiger partial charge in [-0.2, -0.15) is 0 Å². The van der Waals surface area contributed by atoms with Crippen molar-refractivity contribution in [2.75, 3.05) is 6.54 Å². The molecule has 3 unspecified atom stereocenters. The second-order valence-corrected chi connectivity index (χ2v) is 5.44. The summed E-state index contributed by atoms with van der Waals surface area (Å²) in [5.41, 5.74) is 5.68. The first kappa shape index (κ1) is 15.5. The van der Waals surface area contributed by atoms with Crippen molar-refractivity contribution in [1.29, 1.82) is 0 Å². The molecular formula is C15H20N2O4. The van der Waals surface area contributed by atoms with E-state index >= 15 is 0 Å². The summed E-state index contributed by atoms with van der Waals surface area (Å²) < 4.78 is 5.34. The predicted molar refractivity (Wildman–Crippen MR) is 76.5 cm³/mol. The smallest absolute Gasteiger partial charge is 0.332 e. The lowest BCUT2D eigenvalue weighted by atomic mass is 9.92. The van der Waals surface area contributed by atoms with Crippen molar-refractivity contribution in [2.24, 2.45) is 5.73 Å². The molecule has 1 aliphatic heterocycles. The maximum absolute atomic E-state index is 12.2. The molecule has 3 atom stereocenters. The molecule has 1 saturated heterocycles. The zero-order chi connectivity index (χ0) is 15.5. The molecular weight excluding hydrogens is 272 g/mol. The molecule has 21 heavy (non-hydrogen) atoms. The van der Waals surface area contributed by atoms with Crippen molar-refractivity contribution in [3.63, 3.8) is 0 Å². The highest BCUT2D eigenvalue weighted by atomic mass is 16.5. The van der Waals surface area contributed by atoms with E-state index in [4.69, 9.17) is 15.6 Å². The van der Waals surface area contributed by atoms with Crippen LogP contribution < -0.4 is 11.1 Å². The molecule has 0 bridgehead atoms. The van der Waals surface area contributed by atoms with E-state index in [1.165, 1.54) is 0 Å². The van der Waals surface area contributed by atoms with E-state index in [0.717, 1.165) is 5.56 Å². The van der Waals surface area contributed by atoms with Crippen LogP contribution in [0.25, 0.3) is 0 Å². The van der Waals surface area contributed by atoms with Crippen LogP contribution in [0.3, 0.4) is 0 Å².